The number of para-hydroxylation sites is 1. The molecule has 2 N–H and O–H groups in total. The van der Waals surface area contributed by atoms with E-state index in [-0.39, 0.29) is 11.6 Å². The largest absolute Gasteiger partial charge is 0.459 e. The summed E-state index contributed by atoms with van der Waals surface area (Å²) in [7, 11) is 0. The van der Waals surface area contributed by atoms with E-state index < -0.39 is 0 Å². The first-order valence-electron chi connectivity index (χ1n) is 6.40. The zero-order chi connectivity index (χ0) is 13.2. The Hall–Kier alpha value is -1.32. The third-order valence-electron chi connectivity index (χ3n) is 3.32. The van der Waals surface area contributed by atoms with E-state index in [1.807, 2.05) is 30.3 Å². The standard InChI is InChI=1S/C15H21NO2/c1-4-15(2,3)17-10-12(16)14-9-11-7-5-6-8-13(11)18-14/h5-9,12H,4,10,16H2,1-3H3. The number of hydrogen-bond acceptors (Lipinski definition) is 3. The predicted octanol–water partition coefficient (Wildman–Crippen LogP) is 3.64. The normalized spacial score (nSPS) is 14.0. The van der Waals surface area contributed by atoms with Gasteiger partial charge in [0.15, 0.2) is 0 Å². The number of fused-ring (bicyclic) bond motifs is 1. The molecular weight excluding hydrogens is 226 g/mol. The van der Waals surface area contributed by atoms with Gasteiger partial charge in [0.2, 0.25) is 0 Å². The summed E-state index contributed by atoms with van der Waals surface area (Å²) in [6, 6.07) is 9.68. The molecule has 0 spiro atoms. The van der Waals surface area contributed by atoms with Crippen molar-refractivity contribution in [2.45, 2.75) is 38.8 Å². The van der Waals surface area contributed by atoms with Crippen molar-refractivity contribution in [3.63, 3.8) is 0 Å². The number of hydrogen-bond donors (Lipinski definition) is 1. The molecule has 1 aromatic heterocycles. The highest BCUT2D eigenvalue weighted by molar-refractivity contribution is 5.77. The van der Waals surface area contributed by atoms with E-state index >= 15 is 0 Å². The Bertz CT molecular complexity index is 483. The molecule has 18 heavy (non-hydrogen) atoms. The van der Waals surface area contributed by atoms with Crippen molar-refractivity contribution in [1.29, 1.82) is 0 Å². The van der Waals surface area contributed by atoms with Gasteiger partial charge in [-0.1, -0.05) is 25.1 Å². The molecule has 1 aromatic carbocycles. The molecule has 0 bridgehead atoms. The predicted molar refractivity (Wildman–Crippen MR) is 73.5 cm³/mol. The minimum atomic E-state index is -0.219. The van der Waals surface area contributed by atoms with Crippen LogP contribution in [0.5, 0.6) is 0 Å². The molecule has 0 aliphatic heterocycles. The molecule has 1 atom stereocenters. The lowest BCUT2D eigenvalue weighted by molar-refractivity contribution is -0.0284. The maximum atomic E-state index is 6.10. The van der Waals surface area contributed by atoms with Crippen molar-refractivity contribution < 1.29 is 9.15 Å². The molecule has 0 radical (unpaired) electrons. The number of furan rings is 1. The molecule has 3 nitrogen and oxygen atoms in total. The molecule has 0 fully saturated rings. The second-order valence-corrected chi connectivity index (χ2v) is 5.22. The van der Waals surface area contributed by atoms with E-state index in [2.05, 4.69) is 20.8 Å². The second-order valence-electron chi connectivity index (χ2n) is 5.22. The average Bonchev–Trinajstić information content (AvgIpc) is 2.80. The fourth-order valence-electron chi connectivity index (χ4n) is 1.68. The van der Waals surface area contributed by atoms with Crippen LogP contribution >= 0.6 is 0 Å². The van der Waals surface area contributed by atoms with Crippen LogP contribution in [-0.2, 0) is 4.74 Å². The Morgan fingerprint density at radius 1 is 1.33 bits per heavy atom. The van der Waals surface area contributed by atoms with Gasteiger partial charge in [-0.25, -0.2) is 0 Å². The zero-order valence-electron chi connectivity index (χ0n) is 11.3. The average molecular weight is 247 g/mol. The van der Waals surface area contributed by atoms with E-state index in [0.29, 0.717) is 6.61 Å². The van der Waals surface area contributed by atoms with Crippen LogP contribution in [0, 0.1) is 0 Å². The van der Waals surface area contributed by atoms with Gasteiger partial charge in [0, 0.05) is 5.39 Å². The van der Waals surface area contributed by atoms with Gasteiger partial charge in [-0.15, -0.1) is 0 Å². The highest BCUT2D eigenvalue weighted by Crippen LogP contribution is 2.24. The molecule has 1 unspecified atom stereocenters. The first-order valence-corrected chi connectivity index (χ1v) is 6.40. The van der Waals surface area contributed by atoms with Gasteiger partial charge in [0.1, 0.15) is 11.3 Å². The Balaban J connectivity index is 2.07. The molecule has 3 heteroatoms. The molecule has 0 amide bonds. The van der Waals surface area contributed by atoms with Crippen LogP contribution in [0.3, 0.4) is 0 Å². The van der Waals surface area contributed by atoms with Crippen LogP contribution in [0.4, 0.5) is 0 Å². The van der Waals surface area contributed by atoms with Crippen LogP contribution in [0.1, 0.15) is 39.0 Å². The van der Waals surface area contributed by atoms with E-state index in [1.54, 1.807) is 0 Å². The Morgan fingerprint density at radius 2 is 2.06 bits per heavy atom. The van der Waals surface area contributed by atoms with Gasteiger partial charge in [-0.2, -0.15) is 0 Å². The van der Waals surface area contributed by atoms with Crippen molar-refractivity contribution in [1.82, 2.24) is 0 Å². The lowest BCUT2D eigenvalue weighted by Crippen LogP contribution is -2.28. The molecule has 2 aromatic rings. The smallest absolute Gasteiger partial charge is 0.134 e. The summed E-state index contributed by atoms with van der Waals surface area (Å²) in [4.78, 5) is 0. The minimum absolute atomic E-state index is 0.135. The number of benzene rings is 1. The van der Waals surface area contributed by atoms with Gasteiger partial charge in [-0.05, 0) is 32.4 Å². The summed E-state index contributed by atoms with van der Waals surface area (Å²) in [5, 5.41) is 1.08. The summed E-state index contributed by atoms with van der Waals surface area (Å²) in [5.41, 5.74) is 6.84. The van der Waals surface area contributed by atoms with Crippen molar-refractivity contribution >= 4 is 11.0 Å². The molecule has 0 saturated carbocycles. The maximum absolute atomic E-state index is 6.10. The van der Waals surface area contributed by atoms with Crippen LogP contribution in [0.25, 0.3) is 11.0 Å². The summed E-state index contributed by atoms with van der Waals surface area (Å²) < 4.78 is 11.5. The van der Waals surface area contributed by atoms with Crippen molar-refractivity contribution in [3.05, 3.63) is 36.1 Å². The molecule has 0 aliphatic rings. The monoisotopic (exact) mass is 247 g/mol. The van der Waals surface area contributed by atoms with E-state index in [9.17, 15) is 0 Å². The van der Waals surface area contributed by atoms with Crippen LogP contribution in [0.2, 0.25) is 0 Å². The lowest BCUT2D eigenvalue weighted by atomic mass is 10.1. The Morgan fingerprint density at radius 3 is 2.72 bits per heavy atom. The van der Waals surface area contributed by atoms with Crippen molar-refractivity contribution in [3.8, 4) is 0 Å². The SMILES string of the molecule is CCC(C)(C)OCC(N)c1cc2ccccc2o1. The number of ether oxygens (including phenoxy) is 1. The maximum Gasteiger partial charge on any atom is 0.134 e. The first-order chi connectivity index (χ1) is 8.52. The van der Waals surface area contributed by atoms with Gasteiger partial charge in [0.05, 0.1) is 18.2 Å². The lowest BCUT2D eigenvalue weighted by Gasteiger charge is -2.25. The molecular formula is C15H21NO2. The first kappa shape index (κ1) is 13.1. The quantitative estimate of drug-likeness (QED) is 0.877. The van der Waals surface area contributed by atoms with Crippen LogP contribution < -0.4 is 5.73 Å². The summed E-state index contributed by atoms with van der Waals surface area (Å²) in [5.74, 6) is 0.781. The Kier molecular flexibility index (Phi) is 3.73. The van der Waals surface area contributed by atoms with Crippen molar-refractivity contribution in [2.24, 2.45) is 5.73 Å². The summed E-state index contributed by atoms with van der Waals surface area (Å²) in [6.07, 6.45) is 0.958. The third-order valence-corrected chi connectivity index (χ3v) is 3.32. The van der Waals surface area contributed by atoms with E-state index in [4.69, 9.17) is 14.9 Å². The fraction of sp³-hybridized carbons (Fsp3) is 0.467. The van der Waals surface area contributed by atoms with E-state index in [0.717, 1.165) is 23.2 Å². The van der Waals surface area contributed by atoms with Crippen LogP contribution in [-0.4, -0.2) is 12.2 Å². The third kappa shape index (κ3) is 2.92. The number of nitrogens with two attached hydrogens (primary N) is 1. The topological polar surface area (TPSA) is 48.4 Å². The van der Waals surface area contributed by atoms with Gasteiger partial charge in [0.25, 0.3) is 0 Å². The summed E-state index contributed by atoms with van der Waals surface area (Å²) >= 11 is 0. The molecule has 0 aliphatic carbocycles. The fourth-order valence-corrected chi connectivity index (χ4v) is 1.68. The molecule has 98 valence electrons. The number of rotatable bonds is 5. The van der Waals surface area contributed by atoms with Gasteiger partial charge >= 0.3 is 0 Å². The minimum Gasteiger partial charge on any atom is -0.459 e. The highest BCUT2D eigenvalue weighted by Gasteiger charge is 2.19. The highest BCUT2D eigenvalue weighted by atomic mass is 16.5. The molecule has 2 rings (SSSR count). The second kappa shape index (κ2) is 5.12. The van der Waals surface area contributed by atoms with Crippen LogP contribution in [0.15, 0.2) is 34.7 Å². The van der Waals surface area contributed by atoms with Gasteiger partial charge in [-0.3, -0.25) is 0 Å². The summed E-state index contributed by atoms with van der Waals surface area (Å²) in [6.45, 7) is 6.71. The Labute approximate surface area is 108 Å². The zero-order valence-corrected chi connectivity index (χ0v) is 11.3. The van der Waals surface area contributed by atoms with E-state index in [1.165, 1.54) is 0 Å². The van der Waals surface area contributed by atoms with Gasteiger partial charge < -0.3 is 14.9 Å². The molecule has 1 heterocycles. The molecule has 0 saturated heterocycles. The van der Waals surface area contributed by atoms with Crippen molar-refractivity contribution in [2.75, 3.05) is 6.61 Å².